The summed E-state index contributed by atoms with van der Waals surface area (Å²) in [6.07, 6.45) is 0.928. The predicted molar refractivity (Wildman–Crippen MR) is 100 cm³/mol. The van der Waals surface area contributed by atoms with Gasteiger partial charge in [-0.3, -0.25) is 9.78 Å². The summed E-state index contributed by atoms with van der Waals surface area (Å²) >= 11 is 2.99. The summed E-state index contributed by atoms with van der Waals surface area (Å²) in [4.78, 5) is 18.6. The van der Waals surface area contributed by atoms with Crippen LogP contribution in [0.5, 0.6) is 0 Å². The number of hydrazone groups is 1. The van der Waals surface area contributed by atoms with E-state index in [0.29, 0.717) is 5.56 Å². The first kappa shape index (κ1) is 18.4. The molecule has 3 aromatic rings. The molecule has 2 aromatic carbocycles. The van der Waals surface area contributed by atoms with Gasteiger partial charge in [-0.15, -0.1) is 0 Å². The Labute approximate surface area is 160 Å². The maximum Gasteiger partial charge on any atom is 0.270 e. The fourth-order valence-corrected chi connectivity index (χ4v) is 2.67. The van der Waals surface area contributed by atoms with Crippen molar-refractivity contribution in [1.29, 1.82) is 5.26 Å². The van der Waals surface area contributed by atoms with Gasteiger partial charge in [0.05, 0.1) is 17.5 Å². The van der Waals surface area contributed by atoms with Crippen molar-refractivity contribution in [2.45, 2.75) is 0 Å². The molecule has 0 atom stereocenters. The van der Waals surface area contributed by atoms with Gasteiger partial charge in [0.15, 0.2) is 0 Å². The molecule has 0 spiro atoms. The number of rotatable bonds is 4. The van der Waals surface area contributed by atoms with Crippen LogP contribution in [-0.4, -0.2) is 16.2 Å². The maximum absolute atomic E-state index is 13.8. The molecule has 6 nitrogen and oxygen atoms in total. The van der Waals surface area contributed by atoms with Crippen molar-refractivity contribution >= 4 is 28.1 Å². The van der Waals surface area contributed by atoms with Gasteiger partial charge in [-0.05, 0) is 12.1 Å². The Kier molecular flexibility index (Phi) is 5.38. The standard InChI is InChI=1S/C18H10BrF2N5O/c19-11-6-14(20)13(15(21)7-11)9-23-26-18-24-16(10-4-2-1-3-5-10)12(8-22)17(27)25-18/h1-7,9H,(H2,24,25,26,27). The number of hydrogen-bond acceptors (Lipinski definition) is 5. The smallest absolute Gasteiger partial charge is 0.270 e. The maximum atomic E-state index is 13.8. The third-order valence-corrected chi connectivity index (χ3v) is 3.94. The van der Waals surface area contributed by atoms with Gasteiger partial charge in [0.1, 0.15) is 23.3 Å². The second kappa shape index (κ2) is 7.88. The molecule has 0 aliphatic heterocycles. The molecule has 0 bridgehead atoms. The van der Waals surface area contributed by atoms with Crippen LogP contribution in [0, 0.1) is 23.0 Å². The van der Waals surface area contributed by atoms with Crippen LogP contribution in [0.3, 0.4) is 0 Å². The monoisotopic (exact) mass is 429 g/mol. The van der Waals surface area contributed by atoms with Crippen LogP contribution in [0.15, 0.2) is 56.8 Å². The van der Waals surface area contributed by atoms with E-state index in [0.717, 1.165) is 18.3 Å². The molecule has 2 N–H and O–H groups in total. The van der Waals surface area contributed by atoms with Crippen molar-refractivity contribution in [3.63, 3.8) is 0 Å². The lowest BCUT2D eigenvalue weighted by molar-refractivity contribution is 0.578. The van der Waals surface area contributed by atoms with Gasteiger partial charge < -0.3 is 0 Å². The summed E-state index contributed by atoms with van der Waals surface area (Å²) in [6, 6.07) is 12.7. The molecule has 9 heteroatoms. The Balaban J connectivity index is 1.94. The number of nitriles is 1. The molecular weight excluding hydrogens is 420 g/mol. The second-order valence-corrected chi connectivity index (χ2v) is 6.18. The average molecular weight is 430 g/mol. The molecule has 0 radical (unpaired) electrons. The molecule has 0 saturated carbocycles. The first-order valence-electron chi connectivity index (χ1n) is 7.53. The van der Waals surface area contributed by atoms with Gasteiger partial charge in [-0.2, -0.15) is 10.4 Å². The zero-order valence-electron chi connectivity index (χ0n) is 13.5. The SMILES string of the molecule is N#Cc1c(-c2ccccc2)nc(NN=Cc2c(F)cc(Br)cc2F)[nH]c1=O. The largest absolute Gasteiger partial charge is 0.290 e. The van der Waals surface area contributed by atoms with Crippen LogP contribution >= 0.6 is 15.9 Å². The first-order chi connectivity index (χ1) is 13.0. The van der Waals surface area contributed by atoms with Crippen LogP contribution in [0.25, 0.3) is 11.3 Å². The fourth-order valence-electron chi connectivity index (χ4n) is 2.27. The summed E-state index contributed by atoms with van der Waals surface area (Å²) < 4.78 is 27.8. The van der Waals surface area contributed by atoms with Gasteiger partial charge in [0.25, 0.3) is 5.56 Å². The van der Waals surface area contributed by atoms with Gasteiger partial charge in [0.2, 0.25) is 5.95 Å². The molecule has 0 fully saturated rings. The second-order valence-electron chi connectivity index (χ2n) is 5.27. The number of halogens is 3. The highest BCUT2D eigenvalue weighted by Gasteiger charge is 2.13. The summed E-state index contributed by atoms with van der Waals surface area (Å²) in [5.74, 6) is -1.69. The lowest BCUT2D eigenvalue weighted by atomic mass is 10.1. The highest BCUT2D eigenvalue weighted by Crippen LogP contribution is 2.20. The van der Waals surface area contributed by atoms with Crippen molar-refractivity contribution in [2.75, 3.05) is 5.43 Å². The van der Waals surface area contributed by atoms with Gasteiger partial charge >= 0.3 is 0 Å². The van der Waals surface area contributed by atoms with E-state index in [4.69, 9.17) is 0 Å². The van der Waals surface area contributed by atoms with E-state index in [1.807, 2.05) is 6.07 Å². The summed E-state index contributed by atoms with van der Waals surface area (Å²) in [6.45, 7) is 0. The number of benzene rings is 2. The van der Waals surface area contributed by atoms with E-state index in [2.05, 4.69) is 36.4 Å². The highest BCUT2D eigenvalue weighted by molar-refractivity contribution is 9.10. The quantitative estimate of drug-likeness (QED) is 0.487. The summed E-state index contributed by atoms with van der Waals surface area (Å²) in [5, 5.41) is 12.9. The van der Waals surface area contributed by atoms with Crippen LogP contribution < -0.4 is 11.0 Å². The van der Waals surface area contributed by atoms with E-state index in [9.17, 15) is 18.8 Å². The normalized spacial score (nSPS) is 10.7. The first-order valence-corrected chi connectivity index (χ1v) is 8.32. The number of anilines is 1. The molecule has 3 rings (SSSR count). The highest BCUT2D eigenvalue weighted by atomic mass is 79.9. The van der Waals surface area contributed by atoms with Crippen molar-refractivity contribution in [3.8, 4) is 17.3 Å². The van der Waals surface area contributed by atoms with Crippen molar-refractivity contribution < 1.29 is 8.78 Å². The lowest BCUT2D eigenvalue weighted by Crippen LogP contribution is -2.16. The zero-order valence-corrected chi connectivity index (χ0v) is 15.1. The molecular formula is C18H10BrF2N5O. The Hall–Kier alpha value is -3.38. The van der Waals surface area contributed by atoms with Crippen LogP contribution in [0.4, 0.5) is 14.7 Å². The van der Waals surface area contributed by atoms with E-state index in [-0.39, 0.29) is 27.2 Å². The Morgan fingerprint density at radius 1 is 1.22 bits per heavy atom. The number of H-pyrrole nitrogens is 1. The number of hydrogen-bond donors (Lipinski definition) is 2. The lowest BCUT2D eigenvalue weighted by Gasteiger charge is -2.06. The fraction of sp³-hybridized carbons (Fsp3) is 0. The predicted octanol–water partition coefficient (Wildman–Crippen LogP) is 3.80. The third-order valence-electron chi connectivity index (χ3n) is 3.49. The number of nitrogens with one attached hydrogen (secondary N) is 2. The molecule has 0 unspecified atom stereocenters. The minimum atomic E-state index is -0.807. The zero-order chi connectivity index (χ0) is 19.4. The number of aromatic amines is 1. The minimum absolute atomic E-state index is 0.0768. The van der Waals surface area contributed by atoms with E-state index >= 15 is 0 Å². The Morgan fingerprint density at radius 3 is 2.52 bits per heavy atom. The minimum Gasteiger partial charge on any atom is -0.290 e. The third kappa shape index (κ3) is 4.07. The molecule has 1 aromatic heterocycles. The van der Waals surface area contributed by atoms with Crippen LogP contribution in [0.2, 0.25) is 0 Å². The van der Waals surface area contributed by atoms with Gasteiger partial charge in [0, 0.05) is 10.0 Å². The van der Waals surface area contributed by atoms with Crippen molar-refractivity contribution in [3.05, 3.63) is 80.1 Å². The molecule has 0 amide bonds. The number of aromatic nitrogens is 2. The molecule has 27 heavy (non-hydrogen) atoms. The number of nitrogens with zero attached hydrogens (tertiary/aromatic N) is 3. The van der Waals surface area contributed by atoms with E-state index < -0.39 is 17.2 Å². The summed E-state index contributed by atoms with van der Waals surface area (Å²) in [5.41, 5.74) is 1.98. The molecule has 0 saturated heterocycles. The Bertz CT molecular complexity index is 1100. The van der Waals surface area contributed by atoms with Gasteiger partial charge in [-0.25, -0.2) is 19.2 Å². The molecule has 0 aliphatic rings. The van der Waals surface area contributed by atoms with Crippen molar-refractivity contribution in [1.82, 2.24) is 9.97 Å². The van der Waals surface area contributed by atoms with Crippen LogP contribution in [-0.2, 0) is 0 Å². The van der Waals surface area contributed by atoms with Crippen molar-refractivity contribution in [2.24, 2.45) is 5.10 Å². The molecule has 134 valence electrons. The average Bonchev–Trinajstić information content (AvgIpc) is 2.64. The van der Waals surface area contributed by atoms with Gasteiger partial charge in [-0.1, -0.05) is 46.3 Å². The molecule has 1 heterocycles. The Morgan fingerprint density at radius 2 is 1.89 bits per heavy atom. The van der Waals surface area contributed by atoms with E-state index in [1.165, 1.54) is 0 Å². The van der Waals surface area contributed by atoms with Crippen LogP contribution in [0.1, 0.15) is 11.1 Å². The molecule has 0 aliphatic carbocycles. The topological polar surface area (TPSA) is 93.9 Å². The van der Waals surface area contributed by atoms with E-state index in [1.54, 1.807) is 30.3 Å². The summed E-state index contributed by atoms with van der Waals surface area (Å²) in [7, 11) is 0.